The molecule has 1 aromatic rings. The Morgan fingerprint density at radius 2 is 1.93 bits per heavy atom. The van der Waals surface area contributed by atoms with E-state index in [0.29, 0.717) is 25.5 Å². The van der Waals surface area contributed by atoms with E-state index in [9.17, 15) is 0 Å². The number of methoxy groups -OCH3 is 1. The van der Waals surface area contributed by atoms with Crippen molar-refractivity contribution in [3.05, 3.63) is 23.5 Å². The van der Waals surface area contributed by atoms with Gasteiger partial charge in [0, 0.05) is 7.11 Å². The summed E-state index contributed by atoms with van der Waals surface area (Å²) in [4.78, 5) is 0. The summed E-state index contributed by atoms with van der Waals surface area (Å²) in [6.45, 7) is 1.45. The summed E-state index contributed by atoms with van der Waals surface area (Å²) in [5.41, 5.74) is 1.31. The lowest BCUT2D eigenvalue weighted by Gasteiger charge is -2.02. The molecule has 5 nitrogen and oxygen atoms in total. The molecule has 0 aliphatic carbocycles. The van der Waals surface area contributed by atoms with Crippen molar-refractivity contribution < 1.29 is 14.6 Å². The SMILES string of the molecule is COCCOCc1ccc(CO)nn1. The minimum atomic E-state index is -0.0855. The van der Waals surface area contributed by atoms with Crippen LogP contribution >= 0.6 is 0 Å². The van der Waals surface area contributed by atoms with E-state index in [1.807, 2.05) is 0 Å². The van der Waals surface area contributed by atoms with Crippen molar-refractivity contribution in [2.45, 2.75) is 13.2 Å². The van der Waals surface area contributed by atoms with Crippen LogP contribution in [0.15, 0.2) is 12.1 Å². The molecule has 0 amide bonds. The van der Waals surface area contributed by atoms with Gasteiger partial charge in [0.1, 0.15) is 0 Å². The quantitative estimate of drug-likeness (QED) is 0.658. The van der Waals surface area contributed by atoms with Gasteiger partial charge in [0.15, 0.2) is 0 Å². The second-order valence-electron chi connectivity index (χ2n) is 2.72. The number of hydrogen-bond donors (Lipinski definition) is 1. The number of aliphatic hydroxyl groups is 1. The zero-order valence-corrected chi connectivity index (χ0v) is 8.14. The number of hydrogen-bond acceptors (Lipinski definition) is 5. The van der Waals surface area contributed by atoms with Gasteiger partial charge in [0.2, 0.25) is 0 Å². The molecule has 1 aromatic heterocycles. The van der Waals surface area contributed by atoms with Crippen molar-refractivity contribution >= 4 is 0 Å². The maximum atomic E-state index is 8.72. The van der Waals surface area contributed by atoms with Crippen LogP contribution in [0.4, 0.5) is 0 Å². The fourth-order valence-corrected chi connectivity index (χ4v) is 0.868. The predicted octanol–water partition coefficient (Wildman–Crippen LogP) is 0.132. The molecule has 0 aliphatic rings. The molecule has 0 atom stereocenters. The summed E-state index contributed by atoms with van der Waals surface area (Å²) in [5, 5.41) is 16.4. The Morgan fingerprint density at radius 3 is 2.50 bits per heavy atom. The highest BCUT2D eigenvalue weighted by atomic mass is 16.5. The molecule has 1 rings (SSSR count). The van der Waals surface area contributed by atoms with Crippen molar-refractivity contribution in [1.82, 2.24) is 10.2 Å². The molecule has 78 valence electrons. The van der Waals surface area contributed by atoms with E-state index in [1.165, 1.54) is 0 Å². The summed E-state index contributed by atoms with van der Waals surface area (Å²) >= 11 is 0. The number of rotatable bonds is 6. The molecule has 14 heavy (non-hydrogen) atoms. The lowest BCUT2D eigenvalue weighted by atomic mass is 10.3. The summed E-state index contributed by atoms with van der Waals surface area (Å²) in [6, 6.07) is 3.51. The smallest absolute Gasteiger partial charge is 0.0907 e. The lowest BCUT2D eigenvalue weighted by Crippen LogP contribution is -2.04. The molecule has 0 radical (unpaired) electrons. The zero-order valence-electron chi connectivity index (χ0n) is 8.14. The molecule has 0 fully saturated rings. The van der Waals surface area contributed by atoms with Crippen LogP contribution in [0.2, 0.25) is 0 Å². The van der Waals surface area contributed by atoms with Gasteiger partial charge in [-0.2, -0.15) is 10.2 Å². The Labute approximate surface area is 82.7 Å². The minimum Gasteiger partial charge on any atom is -0.390 e. The predicted molar refractivity (Wildman–Crippen MR) is 49.5 cm³/mol. The van der Waals surface area contributed by atoms with Crippen LogP contribution < -0.4 is 0 Å². The van der Waals surface area contributed by atoms with Crippen LogP contribution in [0.25, 0.3) is 0 Å². The highest BCUT2D eigenvalue weighted by Gasteiger charge is 1.96. The summed E-state index contributed by atoms with van der Waals surface area (Å²) in [6.07, 6.45) is 0. The third kappa shape index (κ3) is 3.78. The molecule has 1 heterocycles. The monoisotopic (exact) mass is 198 g/mol. The van der Waals surface area contributed by atoms with Crippen molar-refractivity contribution in [3.8, 4) is 0 Å². The lowest BCUT2D eigenvalue weighted by molar-refractivity contribution is 0.0598. The Hall–Kier alpha value is -1.04. The van der Waals surface area contributed by atoms with Crippen molar-refractivity contribution in [3.63, 3.8) is 0 Å². The largest absolute Gasteiger partial charge is 0.390 e. The zero-order chi connectivity index (χ0) is 10.2. The minimum absolute atomic E-state index is 0.0855. The molecule has 0 bridgehead atoms. The van der Waals surface area contributed by atoms with E-state index >= 15 is 0 Å². The Morgan fingerprint density at radius 1 is 1.21 bits per heavy atom. The molecule has 0 aromatic carbocycles. The average Bonchev–Trinajstić information content (AvgIpc) is 2.25. The van der Waals surface area contributed by atoms with Gasteiger partial charge < -0.3 is 14.6 Å². The third-order valence-corrected chi connectivity index (χ3v) is 1.62. The van der Waals surface area contributed by atoms with Crippen molar-refractivity contribution in [1.29, 1.82) is 0 Å². The Bertz CT molecular complexity index is 251. The standard InChI is InChI=1S/C9H14N2O3/c1-13-4-5-14-7-9-3-2-8(6-12)10-11-9/h2-3,12H,4-7H2,1H3. The Balaban J connectivity index is 2.29. The highest BCUT2D eigenvalue weighted by Crippen LogP contribution is 1.98. The molecule has 0 saturated heterocycles. The molecule has 0 spiro atoms. The summed E-state index contributed by atoms with van der Waals surface area (Å²) in [5.74, 6) is 0. The molecule has 0 aliphatic heterocycles. The summed E-state index contributed by atoms with van der Waals surface area (Å²) < 4.78 is 10.1. The first-order valence-corrected chi connectivity index (χ1v) is 4.36. The van der Waals surface area contributed by atoms with Gasteiger partial charge in [-0.3, -0.25) is 0 Å². The maximum absolute atomic E-state index is 8.72. The number of nitrogens with zero attached hydrogens (tertiary/aromatic N) is 2. The van der Waals surface area contributed by atoms with E-state index in [0.717, 1.165) is 5.69 Å². The molecule has 1 N–H and O–H groups in total. The fraction of sp³-hybridized carbons (Fsp3) is 0.556. The highest BCUT2D eigenvalue weighted by molar-refractivity contribution is 5.04. The van der Waals surface area contributed by atoms with E-state index in [2.05, 4.69) is 10.2 Å². The molecule has 0 saturated carbocycles. The fourth-order valence-electron chi connectivity index (χ4n) is 0.868. The first kappa shape index (κ1) is 11.0. The maximum Gasteiger partial charge on any atom is 0.0907 e. The van der Waals surface area contributed by atoms with Crippen molar-refractivity contribution in [2.24, 2.45) is 0 Å². The van der Waals surface area contributed by atoms with Crippen LogP contribution in [-0.2, 0) is 22.7 Å². The molecule has 0 unspecified atom stereocenters. The molecular formula is C9H14N2O3. The third-order valence-electron chi connectivity index (χ3n) is 1.62. The van der Waals surface area contributed by atoms with E-state index < -0.39 is 0 Å². The van der Waals surface area contributed by atoms with Gasteiger partial charge in [0.05, 0.1) is 37.8 Å². The van der Waals surface area contributed by atoms with E-state index in [-0.39, 0.29) is 6.61 Å². The first-order chi connectivity index (χ1) is 6.86. The van der Waals surface area contributed by atoms with Crippen LogP contribution in [0.1, 0.15) is 11.4 Å². The molecule has 5 heteroatoms. The van der Waals surface area contributed by atoms with Gasteiger partial charge in [-0.25, -0.2) is 0 Å². The second kappa shape index (κ2) is 6.42. The molecular weight excluding hydrogens is 184 g/mol. The van der Waals surface area contributed by atoms with Gasteiger partial charge in [-0.15, -0.1) is 0 Å². The second-order valence-corrected chi connectivity index (χ2v) is 2.72. The van der Waals surface area contributed by atoms with Crippen LogP contribution in [0, 0.1) is 0 Å². The van der Waals surface area contributed by atoms with Crippen LogP contribution in [-0.4, -0.2) is 35.6 Å². The van der Waals surface area contributed by atoms with Crippen LogP contribution in [0.3, 0.4) is 0 Å². The van der Waals surface area contributed by atoms with Gasteiger partial charge in [-0.1, -0.05) is 0 Å². The van der Waals surface area contributed by atoms with Crippen molar-refractivity contribution in [2.75, 3.05) is 20.3 Å². The van der Waals surface area contributed by atoms with Gasteiger partial charge in [0.25, 0.3) is 0 Å². The normalized spacial score (nSPS) is 10.4. The number of aromatic nitrogens is 2. The van der Waals surface area contributed by atoms with E-state index in [1.54, 1.807) is 19.2 Å². The first-order valence-electron chi connectivity index (χ1n) is 4.36. The number of aliphatic hydroxyl groups excluding tert-OH is 1. The topological polar surface area (TPSA) is 64.5 Å². The van der Waals surface area contributed by atoms with Crippen LogP contribution in [0.5, 0.6) is 0 Å². The van der Waals surface area contributed by atoms with Gasteiger partial charge in [-0.05, 0) is 12.1 Å². The number of ether oxygens (including phenoxy) is 2. The van der Waals surface area contributed by atoms with Gasteiger partial charge >= 0.3 is 0 Å². The average molecular weight is 198 g/mol. The Kier molecular flexibility index (Phi) is 5.06. The van der Waals surface area contributed by atoms with E-state index in [4.69, 9.17) is 14.6 Å². The summed E-state index contributed by atoms with van der Waals surface area (Å²) in [7, 11) is 1.62.